The molecule has 0 saturated carbocycles. The Kier molecular flexibility index (Phi) is 7.01. The van der Waals surface area contributed by atoms with Gasteiger partial charge < -0.3 is 24.1 Å². The number of hydrogen-bond donors (Lipinski definition) is 1. The fraction of sp³-hybridized carbons (Fsp3) is 0.400. The monoisotopic (exact) mass is 428 g/mol. The zero-order chi connectivity index (χ0) is 22.6. The number of anilines is 1. The maximum atomic E-state index is 12.7. The molecule has 0 fully saturated rings. The van der Waals surface area contributed by atoms with Crippen LogP contribution in [0.5, 0.6) is 11.5 Å². The van der Waals surface area contributed by atoms with Gasteiger partial charge in [0.25, 0.3) is 5.91 Å². The minimum atomic E-state index is -4.43. The summed E-state index contributed by atoms with van der Waals surface area (Å²) in [6.45, 7) is 3.00. The van der Waals surface area contributed by atoms with Gasteiger partial charge in [-0.15, -0.1) is 0 Å². The largest absolute Gasteiger partial charge is 0.497 e. The van der Waals surface area contributed by atoms with Crippen LogP contribution in [0.1, 0.15) is 28.7 Å². The summed E-state index contributed by atoms with van der Waals surface area (Å²) < 4.78 is 54.6. The van der Waals surface area contributed by atoms with Crippen molar-refractivity contribution < 1.29 is 37.0 Å². The average molecular weight is 428 g/mol. The van der Waals surface area contributed by atoms with Gasteiger partial charge >= 0.3 is 12.1 Å². The van der Waals surface area contributed by atoms with E-state index < -0.39 is 30.7 Å². The molecule has 1 atom stereocenters. The molecule has 1 amide bonds. The van der Waals surface area contributed by atoms with Crippen molar-refractivity contribution in [2.75, 3.05) is 19.5 Å². The number of methoxy groups -OCH3 is 2. The Bertz CT molecular complexity index is 915. The Morgan fingerprint density at radius 3 is 2.13 bits per heavy atom. The molecule has 0 aliphatic rings. The molecule has 1 aromatic heterocycles. The number of rotatable bonds is 7. The van der Waals surface area contributed by atoms with Crippen LogP contribution in [-0.2, 0) is 16.1 Å². The van der Waals surface area contributed by atoms with E-state index >= 15 is 0 Å². The summed E-state index contributed by atoms with van der Waals surface area (Å²) in [5, 5.41) is 2.58. The van der Waals surface area contributed by atoms with E-state index in [0.29, 0.717) is 17.2 Å². The average Bonchev–Trinajstić information content (AvgIpc) is 2.94. The molecule has 1 N–H and O–H groups in total. The van der Waals surface area contributed by atoms with E-state index in [4.69, 9.17) is 14.2 Å². The van der Waals surface area contributed by atoms with Gasteiger partial charge in [-0.05, 0) is 26.8 Å². The maximum Gasteiger partial charge on any atom is 0.406 e. The van der Waals surface area contributed by atoms with Gasteiger partial charge in [-0.1, -0.05) is 0 Å². The fourth-order valence-electron chi connectivity index (χ4n) is 2.83. The zero-order valence-electron chi connectivity index (χ0n) is 17.2. The Morgan fingerprint density at radius 2 is 1.63 bits per heavy atom. The van der Waals surface area contributed by atoms with Gasteiger partial charge in [0.2, 0.25) is 0 Å². The van der Waals surface area contributed by atoms with E-state index in [-0.39, 0.29) is 17.0 Å². The molecule has 0 radical (unpaired) electrons. The Hall–Kier alpha value is -3.17. The van der Waals surface area contributed by atoms with E-state index in [1.54, 1.807) is 18.2 Å². The molecule has 10 heteroatoms. The standard InChI is InChI=1S/C20H23F3N2O5/c1-11-6-17(12(2)25(11)10-20(21,22)23)19(27)30-13(3)18(26)24-14-7-15(28-4)9-16(8-14)29-5/h6-9,13H,10H2,1-5H3,(H,24,26)/t13-/m1/s1. The van der Waals surface area contributed by atoms with Crippen LogP contribution >= 0.6 is 0 Å². The molecule has 0 saturated heterocycles. The lowest BCUT2D eigenvalue weighted by Crippen LogP contribution is -2.30. The maximum absolute atomic E-state index is 12.7. The minimum Gasteiger partial charge on any atom is -0.497 e. The summed E-state index contributed by atoms with van der Waals surface area (Å²) in [4.78, 5) is 24.8. The summed E-state index contributed by atoms with van der Waals surface area (Å²) in [5.74, 6) is -0.608. The Labute approximate surface area is 171 Å². The summed E-state index contributed by atoms with van der Waals surface area (Å²) in [6.07, 6.45) is -5.62. The second-order valence-electron chi connectivity index (χ2n) is 6.62. The highest BCUT2D eigenvalue weighted by atomic mass is 19.4. The van der Waals surface area contributed by atoms with Crippen molar-refractivity contribution in [1.29, 1.82) is 0 Å². The number of esters is 1. The highest BCUT2D eigenvalue weighted by molar-refractivity contribution is 5.98. The number of halogens is 3. The van der Waals surface area contributed by atoms with Crippen LogP contribution in [0.4, 0.5) is 18.9 Å². The lowest BCUT2D eigenvalue weighted by atomic mass is 10.2. The number of hydrogen-bond acceptors (Lipinski definition) is 5. The number of carbonyl (C=O) groups is 2. The van der Waals surface area contributed by atoms with E-state index in [2.05, 4.69) is 5.32 Å². The third-order valence-electron chi connectivity index (χ3n) is 4.40. The van der Waals surface area contributed by atoms with Crippen molar-refractivity contribution in [2.24, 2.45) is 0 Å². The number of amides is 1. The van der Waals surface area contributed by atoms with E-state index in [1.807, 2.05) is 0 Å². The first-order valence-electron chi connectivity index (χ1n) is 8.93. The van der Waals surface area contributed by atoms with Crippen molar-refractivity contribution in [1.82, 2.24) is 4.57 Å². The van der Waals surface area contributed by atoms with Crippen LogP contribution in [-0.4, -0.2) is 42.9 Å². The molecule has 1 aromatic carbocycles. The Morgan fingerprint density at radius 1 is 1.07 bits per heavy atom. The van der Waals surface area contributed by atoms with Crippen molar-refractivity contribution in [3.8, 4) is 11.5 Å². The fourth-order valence-corrected chi connectivity index (χ4v) is 2.83. The van der Waals surface area contributed by atoms with Gasteiger partial charge in [0.05, 0.1) is 19.8 Å². The van der Waals surface area contributed by atoms with E-state index in [0.717, 1.165) is 4.57 Å². The number of nitrogens with one attached hydrogen (secondary N) is 1. The molecule has 7 nitrogen and oxygen atoms in total. The molecule has 0 unspecified atom stereocenters. The second kappa shape index (κ2) is 9.10. The molecule has 0 aliphatic carbocycles. The first kappa shape index (κ1) is 23.1. The van der Waals surface area contributed by atoms with Gasteiger partial charge in [0.1, 0.15) is 18.0 Å². The molecule has 164 valence electrons. The van der Waals surface area contributed by atoms with Crippen LogP contribution in [0.15, 0.2) is 24.3 Å². The minimum absolute atomic E-state index is 0.0283. The quantitative estimate of drug-likeness (QED) is 0.678. The summed E-state index contributed by atoms with van der Waals surface area (Å²) in [5.41, 5.74) is 0.708. The van der Waals surface area contributed by atoms with Gasteiger partial charge in [-0.25, -0.2) is 4.79 Å². The van der Waals surface area contributed by atoms with E-state index in [9.17, 15) is 22.8 Å². The number of aromatic nitrogens is 1. The molecular formula is C20H23F3N2O5. The third kappa shape index (κ3) is 5.68. The molecule has 0 aliphatic heterocycles. The van der Waals surface area contributed by atoms with Crippen molar-refractivity contribution >= 4 is 17.6 Å². The predicted octanol–water partition coefficient (Wildman–Crippen LogP) is 3.87. The van der Waals surface area contributed by atoms with Crippen LogP contribution < -0.4 is 14.8 Å². The van der Waals surface area contributed by atoms with Gasteiger partial charge in [0, 0.05) is 35.3 Å². The molecule has 1 heterocycles. The summed E-state index contributed by atoms with van der Waals surface area (Å²) in [6, 6.07) is 6.04. The smallest absolute Gasteiger partial charge is 0.406 e. The second-order valence-corrected chi connectivity index (χ2v) is 6.62. The first-order chi connectivity index (χ1) is 13.9. The van der Waals surface area contributed by atoms with Crippen molar-refractivity contribution in [3.05, 3.63) is 41.2 Å². The SMILES string of the molecule is COc1cc(NC(=O)[C@@H](C)OC(=O)c2cc(C)n(CC(F)(F)F)c2C)cc(OC)c1. The van der Waals surface area contributed by atoms with Gasteiger partial charge in [0.15, 0.2) is 6.10 Å². The van der Waals surface area contributed by atoms with Crippen LogP contribution in [0.3, 0.4) is 0 Å². The topological polar surface area (TPSA) is 78.8 Å². The lowest BCUT2D eigenvalue weighted by Gasteiger charge is -2.15. The molecule has 2 aromatic rings. The molecular weight excluding hydrogens is 405 g/mol. The highest BCUT2D eigenvalue weighted by Gasteiger charge is 2.31. The number of ether oxygens (including phenoxy) is 3. The molecule has 2 rings (SSSR count). The summed E-state index contributed by atoms with van der Waals surface area (Å²) >= 11 is 0. The van der Waals surface area contributed by atoms with Crippen LogP contribution in [0.25, 0.3) is 0 Å². The number of carbonyl (C=O) groups excluding carboxylic acids is 2. The normalized spacial score (nSPS) is 12.3. The Balaban J connectivity index is 2.11. The number of nitrogens with zero attached hydrogens (tertiary/aromatic N) is 1. The van der Waals surface area contributed by atoms with Crippen LogP contribution in [0.2, 0.25) is 0 Å². The van der Waals surface area contributed by atoms with E-state index in [1.165, 1.54) is 41.1 Å². The number of alkyl halides is 3. The highest BCUT2D eigenvalue weighted by Crippen LogP contribution is 2.26. The zero-order valence-corrected chi connectivity index (χ0v) is 17.2. The van der Waals surface area contributed by atoms with Crippen molar-refractivity contribution in [2.45, 2.75) is 39.6 Å². The molecule has 0 bridgehead atoms. The van der Waals surface area contributed by atoms with Crippen molar-refractivity contribution in [3.63, 3.8) is 0 Å². The molecule has 30 heavy (non-hydrogen) atoms. The predicted molar refractivity (Wildman–Crippen MR) is 103 cm³/mol. The molecule has 0 spiro atoms. The van der Waals surface area contributed by atoms with Gasteiger partial charge in [-0.2, -0.15) is 13.2 Å². The number of benzene rings is 1. The first-order valence-corrected chi connectivity index (χ1v) is 8.93. The third-order valence-corrected chi connectivity index (χ3v) is 4.40. The van der Waals surface area contributed by atoms with Crippen LogP contribution in [0, 0.1) is 13.8 Å². The van der Waals surface area contributed by atoms with Gasteiger partial charge in [-0.3, -0.25) is 4.79 Å². The lowest BCUT2D eigenvalue weighted by molar-refractivity contribution is -0.141. The number of aryl methyl sites for hydroxylation is 1. The summed E-state index contributed by atoms with van der Waals surface area (Å²) in [7, 11) is 2.92.